The summed E-state index contributed by atoms with van der Waals surface area (Å²) < 4.78 is 7.39. The number of para-hydroxylation sites is 2. The number of methoxy groups -OCH3 is 1. The summed E-state index contributed by atoms with van der Waals surface area (Å²) in [6, 6.07) is 24.8. The molecule has 4 heteroatoms. The summed E-state index contributed by atoms with van der Waals surface area (Å²) in [4.78, 5) is 9.46. The second-order valence-corrected chi connectivity index (χ2v) is 8.46. The quantitative estimate of drug-likeness (QED) is 0.379. The van der Waals surface area contributed by atoms with Crippen LogP contribution in [0.25, 0.3) is 11.0 Å². The smallest absolute Gasteiger partial charge is 0.230 e. The molecule has 30 heavy (non-hydrogen) atoms. The van der Waals surface area contributed by atoms with Crippen LogP contribution in [0.1, 0.15) is 37.5 Å². The largest absolute Gasteiger partial charge is 0.497 e. The molecule has 0 atom stereocenters. The average molecular weight is 398 g/mol. The highest BCUT2D eigenvalue weighted by Gasteiger charge is 2.14. The molecule has 4 rings (SSSR count). The van der Waals surface area contributed by atoms with Crippen LogP contribution in [0, 0.1) is 0 Å². The summed E-state index contributed by atoms with van der Waals surface area (Å²) in [5.41, 5.74) is 5.74. The van der Waals surface area contributed by atoms with E-state index in [0.717, 1.165) is 28.9 Å². The molecule has 0 aliphatic carbocycles. The molecule has 0 saturated heterocycles. The summed E-state index contributed by atoms with van der Waals surface area (Å²) in [6.07, 6.45) is 1.85. The molecule has 0 radical (unpaired) electrons. The fourth-order valence-electron chi connectivity index (χ4n) is 3.43. The van der Waals surface area contributed by atoms with Gasteiger partial charge < -0.3 is 9.30 Å². The number of fused-ring (bicyclic) bond motifs is 1. The van der Waals surface area contributed by atoms with E-state index in [4.69, 9.17) is 14.7 Å². The Morgan fingerprint density at radius 2 is 1.63 bits per heavy atom. The Labute approximate surface area is 177 Å². The van der Waals surface area contributed by atoms with E-state index in [1.165, 1.54) is 11.1 Å². The number of aromatic nitrogens is 2. The molecule has 0 N–H and O–H groups in total. The van der Waals surface area contributed by atoms with Crippen LogP contribution in [-0.4, -0.2) is 22.9 Å². The molecule has 4 nitrogen and oxygen atoms in total. The van der Waals surface area contributed by atoms with Gasteiger partial charge >= 0.3 is 0 Å². The Kier molecular flexibility index (Phi) is 5.40. The maximum absolute atomic E-state index is 5.23. The average Bonchev–Trinajstić information content (AvgIpc) is 3.10. The van der Waals surface area contributed by atoms with Gasteiger partial charge in [-0.05, 0) is 58.5 Å². The molecule has 0 fully saturated rings. The lowest BCUT2D eigenvalue weighted by Gasteiger charge is -2.19. The third-order valence-electron chi connectivity index (χ3n) is 5.24. The Morgan fingerprint density at radius 3 is 2.30 bits per heavy atom. The lowest BCUT2D eigenvalue weighted by molar-refractivity contribution is 0.415. The van der Waals surface area contributed by atoms with E-state index >= 15 is 0 Å². The molecule has 0 aliphatic rings. The minimum Gasteiger partial charge on any atom is -0.497 e. The number of hydrogen-bond donors (Lipinski definition) is 0. The molecule has 3 aromatic carbocycles. The fraction of sp³-hybridized carbons (Fsp3) is 0.231. The molecule has 0 bridgehead atoms. The standard InChI is InChI=1S/C26H27N3O/c1-26(2,3)21-13-9-20(10-14-21)18-29-24-8-6-5-7-23(24)28-25(29)27-17-19-11-15-22(30-4)16-12-19/h5-17H,18H2,1-4H3. The number of ether oxygens (including phenoxy) is 1. The van der Waals surface area contributed by atoms with Crippen molar-refractivity contribution < 1.29 is 4.74 Å². The van der Waals surface area contributed by atoms with Crippen molar-refractivity contribution in [2.45, 2.75) is 32.7 Å². The van der Waals surface area contributed by atoms with E-state index in [9.17, 15) is 0 Å². The second kappa shape index (κ2) is 8.15. The van der Waals surface area contributed by atoms with Gasteiger partial charge in [-0.15, -0.1) is 0 Å². The normalized spacial score (nSPS) is 12.0. The minimum absolute atomic E-state index is 0.147. The first-order chi connectivity index (χ1) is 14.4. The van der Waals surface area contributed by atoms with Crippen LogP contribution in [0.3, 0.4) is 0 Å². The first-order valence-corrected chi connectivity index (χ1v) is 10.2. The molecule has 0 unspecified atom stereocenters. The Balaban J connectivity index is 1.67. The summed E-state index contributed by atoms with van der Waals surface area (Å²) in [7, 11) is 1.67. The highest BCUT2D eigenvalue weighted by atomic mass is 16.5. The van der Waals surface area contributed by atoms with E-state index in [0.29, 0.717) is 5.95 Å². The van der Waals surface area contributed by atoms with Crippen LogP contribution in [0.5, 0.6) is 5.75 Å². The van der Waals surface area contributed by atoms with Crippen molar-refractivity contribution in [3.63, 3.8) is 0 Å². The lowest BCUT2D eigenvalue weighted by atomic mass is 9.87. The van der Waals surface area contributed by atoms with Crippen LogP contribution < -0.4 is 4.74 Å². The van der Waals surface area contributed by atoms with Crippen LogP contribution in [0.2, 0.25) is 0 Å². The third kappa shape index (κ3) is 4.28. The van der Waals surface area contributed by atoms with Gasteiger partial charge in [-0.25, -0.2) is 9.98 Å². The molecule has 152 valence electrons. The predicted octanol–water partition coefficient (Wildman–Crippen LogP) is 6.14. The predicted molar refractivity (Wildman–Crippen MR) is 124 cm³/mol. The third-order valence-corrected chi connectivity index (χ3v) is 5.24. The number of nitrogens with zero attached hydrogens (tertiary/aromatic N) is 3. The molecule has 0 spiro atoms. The van der Waals surface area contributed by atoms with E-state index in [1.54, 1.807) is 7.11 Å². The van der Waals surface area contributed by atoms with Crippen molar-refractivity contribution in [1.29, 1.82) is 0 Å². The number of imidazole rings is 1. The van der Waals surface area contributed by atoms with Crippen LogP contribution in [0.15, 0.2) is 77.8 Å². The van der Waals surface area contributed by atoms with Crippen molar-refractivity contribution in [2.75, 3.05) is 7.11 Å². The van der Waals surface area contributed by atoms with Crippen molar-refractivity contribution in [3.05, 3.63) is 89.5 Å². The van der Waals surface area contributed by atoms with Gasteiger partial charge in [0, 0.05) is 6.21 Å². The zero-order valence-corrected chi connectivity index (χ0v) is 18.0. The van der Waals surface area contributed by atoms with Gasteiger partial charge in [0.05, 0.1) is 24.7 Å². The molecule has 4 aromatic rings. The Morgan fingerprint density at radius 1 is 0.933 bits per heavy atom. The monoisotopic (exact) mass is 397 g/mol. The lowest BCUT2D eigenvalue weighted by Crippen LogP contribution is -2.11. The second-order valence-electron chi connectivity index (χ2n) is 8.46. The van der Waals surface area contributed by atoms with Gasteiger partial charge in [0.1, 0.15) is 5.75 Å². The number of hydrogen-bond acceptors (Lipinski definition) is 3. The number of rotatable bonds is 5. The van der Waals surface area contributed by atoms with Gasteiger partial charge in [-0.3, -0.25) is 0 Å². The van der Waals surface area contributed by atoms with Gasteiger partial charge in [-0.1, -0.05) is 57.2 Å². The van der Waals surface area contributed by atoms with Gasteiger partial charge in [0.25, 0.3) is 0 Å². The van der Waals surface area contributed by atoms with E-state index in [2.05, 4.69) is 55.7 Å². The van der Waals surface area contributed by atoms with Crippen molar-refractivity contribution in [2.24, 2.45) is 4.99 Å². The first-order valence-electron chi connectivity index (χ1n) is 10.2. The van der Waals surface area contributed by atoms with Crippen LogP contribution in [-0.2, 0) is 12.0 Å². The molecular formula is C26H27N3O. The van der Waals surface area contributed by atoms with E-state index in [1.807, 2.05) is 48.7 Å². The zero-order chi connectivity index (χ0) is 21.1. The first kappa shape index (κ1) is 19.9. The minimum atomic E-state index is 0.147. The highest BCUT2D eigenvalue weighted by molar-refractivity contribution is 5.84. The zero-order valence-electron chi connectivity index (χ0n) is 18.0. The van der Waals surface area contributed by atoms with Crippen LogP contribution >= 0.6 is 0 Å². The molecule has 0 saturated carbocycles. The topological polar surface area (TPSA) is 39.4 Å². The summed E-state index contributed by atoms with van der Waals surface area (Å²) >= 11 is 0. The number of benzene rings is 3. The number of aliphatic imine (C=N–C) groups is 1. The summed E-state index contributed by atoms with van der Waals surface area (Å²) in [6.45, 7) is 7.42. The Hall–Kier alpha value is -3.40. The van der Waals surface area contributed by atoms with Crippen molar-refractivity contribution in [1.82, 2.24) is 9.55 Å². The maximum Gasteiger partial charge on any atom is 0.230 e. The highest BCUT2D eigenvalue weighted by Crippen LogP contribution is 2.26. The van der Waals surface area contributed by atoms with Crippen molar-refractivity contribution in [3.8, 4) is 5.75 Å². The maximum atomic E-state index is 5.23. The fourth-order valence-corrected chi connectivity index (χ4v) is 3.43. The molecule has 0 aliphatic heterocycles. The summed E-state index contributed by atoms with van der Waals surface area (Å²) in [5.74, 6) is 1.53. The Bertz CT molecular complexity index is 1160. The van der Waals surface area contributed by atoms with E-state index in [-0.39, 0.29) is 5.41 Å². The van der Waals surface area contributed by atoms with Crippen LogP contribution in [0.4, 0.5) is 5.95 Å². The molecule has 0 amide bonds. The van der Waals surface area contributed by atoms with Gasteiger partial charge in [-0.2, -0.15) is 0 Å². The van der Waals surface area contributed by atoms with E-state index < -0.39 is 0 Å². The van der Waals surface area contributed by atoms with Crippen molar-refractivity contribution >= 4 is 23.2 Å². The van der Waals surface area contributed by atoms with Gasteiger partial charge in [0.15, 0.2) is 0 Å². The summed E-state index contributed by atoms with van der Waals surface area (Å²) in [5, 5.41) is 0. The SMILES string of the molecule is COc1ccc(C=Nc2nc3ccccc3n2Cc2ccc(C(C)(C)C)cc2)cc1. The molecule has 1 aromatic heterocycles. The molecular weight excluding hydrogens is 370 g/mol. The van der Waals surface area contributed by atoms with Gasteiger partial charge in [0.2, 0.25) is 5.95 Å². The molecule has 1 heterocycles.